The molecule has 0 bridgehead atoms. The van der Waals surface area contributed by atoms with Gasteiger partial charge in [0, 0.05) is 25.9 Å². The Balaban J connectivity index is 3.25. The zero-order valence-corrected chi connectivity index (χ0v) is 20.6. The van der Waals surface area contributed by atoms with Crippen LogP contribution in [0.3, 0.4) is 0 Å². The molecule has 0 unspecified atom stereocenters. The van der Waals surface area contributed by atoms with Crippen LogP contribution in [0.1, 0.15) is 89.9 Å². The lowest BCUT2D eigenvalue weighted by Crippen LogP contribution is -2.29. The number of carbonyl (C=O) groups is 3. The minimum Gasteiger partial charge on any atom is -0.481 e. The number of carboxylic acid groups (broad SMARTS) is 1. The van der Waals surface area contributed by atoms with Gasteiger partial charge in [0.15, 0.2) is 6.29 Å². The van der Waals surface area contributed by atoms with Crippen molar-refractivity contribution < 1.29 is 39.2 Å². The Morgan fingerprint density at radius 3 is 1.79 bits per heavy atom. The van der Waals surface area contributed by atoms with Crippen LogP contribution in [-0.2, 0) is 23.9 Å². The van der Waals surface area contributed by atoms with E-state index in [9.17, 15) is 14.4 Å². The number of carbonyl (C=O) groups excluding carboxylic acids is 2. The molecule has 0 aliphatic heterocycles. The number of unbranched alkanes of at least 4 members (excludes halogenated alkanes) is 9. The molecule has 5 N–H and O–H groups in total. The number of ether oxygens (including phenoxy) is 2. The molecular formula is C24H46N2O8. The zero-order chi connectivity index (χ0) is 25.3. The smallest absolute Gasteiger partial charge is 0.303 e. The average molecular weight is 491 g/mol. The fourth-order valence-corrected chi connectivity index (χ4v) is 3.28. The van der Waals surface area contributed by atoms with E-state index in [0.29, 0.717) is 45.8 Å². The molecule has 0 aromatic rings. The van der Waals surface area contributed by atoms with Crippen LogP contribution in [0.2, 0.25) is 0 Å². The van der Waals surface area contributed by atoms with Crippen molar-refractivity contribution in [3.8, 4) is 0 Å². The van der Waals surface area contributed by atoms with Gasteiger partial charge in [0.25, 0.3) is 0 Å². The lowest BCUT2D eigenvalue weighted by molar-refractivity contribution is -0.137. The fraction of sp³-hybridized carbons (Fsp3) is 0.875. The van der Waals surface area contributed by atoms with Crippen molar-refractivity contribution in [2.24, 2.45) is 0 Å². The van der Waals surface area contributed by atoms with Crippen LogP contribution in [0, 0.1) is 0 Å². The SMILES string of the molecule is O=C(O)CCCC(=O)NCCOCCOCC(=O)NCCCCCCCCCCCCC(O)O. The largest absolute Gasteiger partial charge is 0.481 e. The minimum atomic E-state index is -1.17. The molecule has 0 atom stereocenters. The van der Waals surface area contributed by atoms with Crippen LogP contribution < -0.4 is 10.6 Å². The Kier molecular flexibility index (Phi) is 23.1. The Morgan fingerprint density at radius 1 is 0.618 bits per heavy atom. The van der Waals surface area contributed by atoms with Crippen molar-refractivity contribution >= 4 is 17.8 Å². The number of aliphatic hydroxyl groups excluding tert-OH is 1. The average Bonchev–Trinajstić information content (AvgIpc) is 2.78. The second-order valence-corrected chi connectivity index (χ2v) is 8.42. The van der Waals surface area contributed by atoms with E-state index in [2.05, 4.69) is 10.6 Å². The van der Waals surface area contributed by atoms with Crippen LogP contribution in [0.25, 0.3) is 0 Å². The Bertz CT molecular complexity index is 517. The van der Waals surface area contributed by atoms with Crippen molar-refractivity contribution in [3.63, 3.8) is 0 Å². The van der Waals surface area contributed by atoms with E-state index < -0.39 is 12.3 Å². The molecule has 0 saturated carbocycles. The third-order valence-corrected chi connectivity index (χ3v) is 5.18. The number of aliphatic carboxylic acids is 1. The van der Waals surface area contributed by atoms with Crippen LogP contribution in [0.5, 0.6) is 0 Å². The number of hydrogen-bond acceptors (Lipinski definition) is 7. The maximum Gasteiger partial charge on any atom is 0.303 e. The molecule has 0 aliphatic rings. The van der Waals surface area contributed by atoms with E-state index in [-0.39, 0.29) is 31.3 Å². The van der Waals surface area contributed by atoms with Gasteiger partial charge in [-0.15, -0.1) is 0 Å². The molecule has 0 fully saturated rings. The predicted octanol–water partition coefficient (Wildman–Crippen LogP) is 2.11. The minimum absolute atomic E-state index is 0.000931. The summed E-state index contributed by atoms with van der Waals surface area (Å²) in [6.45, 7) is 1.96. The van der Waals surface area contributed by atoms with E-state index in [1.54, 1.807) is 0 Å². The topological polar surface area (TPSA) is 154 Å². The van der Waals surface area contributed by atoms with E-state index in [0.717, 1.165) is 32.1 Å². The number of aliphatic hydroxyl groups is 2. The van der Waals surface area contributed by atoms with Gasteiger partial charge in [-0.25, -0.2) is 0 Å². The number of amides is 2. The summed E-state index contributed by atoms with van der Waals surface area (Å²) in [5, 5.41) is 31.5. The summed E-state index contributed by atoms with van der Waals surface area (Å²) >= 11 is 0. The Labute approximate surface area is 203 Å². The molecule has 0 spiro atoms. The van der Waals surface area contributed by atoms with Gasteiger partial charge in [-0.05, 0) is 25.7 Å². The van der Waals surface area contributed by atoms with Gasteiger partial charge in [0.05, 0.1) is 19.8 Å². The second-order valence-electron chi connectivity index (χ2n) is 8.42. The van der Waals surface area contributed by atoms with Crippen LogP contribution in [0.15, 0.2) is 0 Å². The monoisotopic (exact) mass is 490 g/mol. The number of hydrogen-bond donors (Lipinski definition) is 5. The van der Waals surface area contributed by atoms with Crippen LogP contribution in [0.4, 0.5) is 0 Å². The summed E-state index contributed by atoms with van der Waals surface area (Å²) in [4.78, 5) is 33.5. The first-order valence-corrected chi connectivity index (χ1v) is 12.7. The highest BCUT2D eigenvalue weighted by Crippen LogP contribution is 2.11. The predicted molar refractivity (Wildman–Crippen MR) is 128 cm³/mol. The third kappa shape index (κ3) is 26.5. The van der Waals surface area contributed by atoms with Gasteiger partial charge >= 0.3 is 5.97 Å². The molecule has 10 nitrogen and oxygen atoms in total. The first kappa shape index (κ1) is 32.2. The first-order valence-electron chi connectivity index (χ1n) is 12.7. The maximum absolute atomic E-state index is 11.7. The molecule has 2 amide bonds. The normalized spacial score (nSPS) is 11.0. The second kappa shape index (κ2) is 24.4. The molecule has 0 saturated heterocycles. The summed E-state index contributed by atoms with van der Waals surface area (Å²) in [5.41, 5.74) is 0. The van der Waals surface area contributed by atoms with Crippen molar-refractivity contribution in [3.05, 3.63) is 0 Å². The quantitative estimate of drug-likeness (QED) is 0.0963. The highest BCUT2D eigenvalue weighted by Gasteiger charge is 2.04. The molecule has 0 aromatic heterocycles. The molecule has 10 heteroatoms. The van der Waals surface area contributed by atoms with Gasteiger partial charge in [-0.3, -0.25) is 14.4 Å². The van der Waals surface area contributed by atoms with E-state index in [4.69, 9.17) is 24.8 Å². The molecule has 0 aliphatic carbocycles. The highest BCUT2D eigenvalue weighted by molar-refractivity contribution is 5.77. The zero-order valence-electron chi connectivity index (χ0n) is 20.6. The van der Waals surface area contributed by atoms with Crippen molar-refractivity contribution in [2.75, 3.05) is 39.5 Å². The molecule has 200 valence electrons. The van der Waals surface area contributed by atoms with Crippen molar-refractivity contribution in [2.45, 2.75) is 96.2 Å². The van der Waals surface area contributed by atoms with Crippen molar-refractivity contribution in [1.82, 2.24) is 10.6 Å². The third-order valence-electron chi connectivity index (χ3n) is 5.18. The van der Waals surface area contributed by atoms with E-state index in [1.165, 1.54) is 32.1 Å². The van der Waals surface area contributed by atoms with Gasteiger partial charge in [-0.2, -0.15) is 0 Å². The molecule has 0 rings (SSSR count). The molecule has 34 heavy (non-hydrogen) atoms. The lowest BCUT2D eigenvalue weighted by Gasteiger charge is -2.08. The van der Waals surface area contributed by atoms with E-state index >= 15 is 0 Å². The fourth-order valence-electron chi connectivity index (χ4n) is 3.28. The Morgan fingerprint density at radius 2 is 1.18 bits per heavy atom. The van der Waals surface area contributed by atoms with Gasteiger partial charge in [0.1, 0.15) is 6.61 Å². The van der Waals surface area contributed by atoms with Crippen LogP contribution in [-0.4, -0.2) is 78.9 Å². The first-order chi connectivity index (χ1) is 16.4. The summed E-state index contributed by atoms with van der Waals surface area (Å²) < 4.78 is 10.6. The summed E-state index contributed by atoms with van der Waals surface area (Å²) in [7, 11) is 0. The summed E-state index contributed by atoms with van der Waals surface area (Å²) in [6, 6.07) is 0. The molecule has 0 aromatic carbocycles. The maximum atomic E-state index is 11.7. The molecular weight excluding hydrogens is 444 g/mol. The van der Waals surface area contributed by atoms with Gasteiger partial charge in [-0.1, -0.05) is 51.4 Å². The number of rotatable bonds is 25. The molecule has 0 radical (unpaired) electrons. The lowest BCUT2D eigenvalue weighted by atomic mass is 10.1. The standard InChI is InChI=1S/C24H46N2O8/c27-21(12-11-14-24(31)32)26-16-17-33-18-19-34-20-22(28)25-15-10-8-6-4-2-1-3-5-7-9-13-23(29)30/h23,29-30H,1-20H2,(H,25,28)(H,26,27)(H,31,32). The van der Waals surface area contributed by atoms with Gasteiger partial charge < -0.3 is 35.4 Å². The number of nitrogens with one attached hydrogen (secondary N) is 2. The summed E-state index contributed by atoms with van der Waals surface area (Å²) in [5.74, 6) is -1.24. The summed E-state index contributed by atoms with van der Waals surface area (Å²) in [6.07, 6.45) is 11.0. The molecule has 0 heterocycles. The van der Waals surface area contributed by atoms with Gasteiger partial charge in [0.2, 0.25) is 11.8 Å². The van der Waals surface area contributed by atoms with E-state index in [1.807, 2.05) is 0 Å². The van der Waals surface area contributed by atoms with Crippen LogP contribution >= 0.6 is 0 Å². The Hall–Kier alpha value is -1.75. The van der Waals surface area contributed by atoms with Crippen molar-refractivity contribution in [1.29, 1.82) is 0 Å². The number of carboxylic acids is 1. The highest BCUT2D eigenvalue weighted by atomic mass is 16.5.